The zero-order valence-corrected chi connectivity index (χ0v) is 16.8. The number of hydrogen-bond acceptors (Lipinski definition) is 4. The van der Waals surface area contributed by atoms with Crippen molar-refractivity contribution in [1.82, 2.24) is 0 Å². The summed E-state index contributed by atoms with van der Waals surface area (Å²) >= 11 is 9.09. The molecular formula is C21H16ClNO2S2. The molecule has 136 valence electrons. The van der Waals surface area contributed by atoms with Gasteiger partial charge in [-0.3, -0.25) is 4.79 Å². The SMILES string of the molecule is COc1ccc2c(c1)NC(=O)[C@@]2(Sc1ccccc1)Sc1ccc(Cl)cc1. The van der Waals surface area contributed by atoms with Gasteiger partial charge in [0.25, 0.3) is 5.91 Å². The molecule has 0 aromatic heterocycles. The average molecular weight is 414 g/mol. The van der Waals surface area contributed by atoms with Crippen molar-refractivity contribution in [2.24, 2.45) is 0 Å². The molecule has 0 fully saturated rings. The van der Waals surface area contributed by atoms with Crippen LogP contribution in [0.1, 0.15) is 5.56 Å². The molecule has 0 aliphatic carbocycles. The molecule has 0 spiro atoms. The molecule has 1 N–H and O–H groups in total. The minimum Gasteiger partial charge on any atom is -0.497 e. The Kier molecular flexibility index (Phi) is 5.08. The van der Waals surface area contributed by atoms with Crippen molar-refractivity contribution in [2.45, 2.75) is 13.9 Å². The molecule has 27 heavy (non-hydrogen) atoms. The summed E-state index contributed by atoms with van der Waals surface area (Å²) in [5.74, 6) is 0.658. The Morgan fingerprint density at radius 3 is 2.26 bits per heavy atom. The van der Waals surface area contributed by atoms with Gasteiger partial charge < -0.3 is 10.1 Å². The molecule has 0 radical (unpaired) electrons. The molecule has 1 atom stereocenters. The number of halogens is 1. The highest BCUT2D eigenvalue weighted by atomic mass is 35.5. The van der Waals surface area contributed by atoms with Crippen LogP contribution in [-0.4, -0.2) is 13.0 Å². The molecule has 0 saturated heterocycles. The highest BCUT2D eigenvalue weighted by molar-refractivity contribution is 8.18. The number of thioether (sulfide) groups is 2. The number of nitrogens with one attached hydrogen (secondary N) is 1. The van der Waals surface area contributed by atoms with E-state index in [2.05, 4.69) is 5.32 Å². The second kappa shape index (κ2) is 7.50. The number of hydrogen-bond donors (Lipinski definition) is 1. The van der Waals surface area contributed by atoms with Crippen LogP contribution in [0.5, 0.6) is 5.75 Å². The first-order chi connectivity index (χ1) is 13.1. The number of ether oxygens (including phenoxy) is 1. The zero-order valence-electron chi connectivity index (χ0n) is 14.4. The third kappa shape index (κ3) is 3.55. The smallest absolute Gasteiger partial charge is 0.256 e. The summed E-state index contributed by atoms with van der Waals surface area (Å²) in [6, 6.07) is 23.2. The van der Waals surface area contributed by atoms with Crippen LogP contribution in [0.4, 0.5) is 5.69 Å². The van der Waals surface area contributed by atoms with Crippen LogP contribution in [0.2, 0.25) is 5.02 Å². The molecule has 6 heteroatoms. The first-order valence-electron chi connectivity index (χ1n) is 8.29. The number of carbonyl (C=O) groups excluding carboxylic acids is 1. The van der Waals surface area contributed by atoms with Gasteiger partial charge in [0.05, 0.1) is 12.8 Å². The normalized spacial score (nSPS) is 18.1. The highest BCUT2D eigenvalue weighted by Crippen LogP contribution is 2.58. The molecule has 1 aliphatic rings. The average Bonchev–Trinajstić information content (AvgIpc) is 2.95. The van der Waals surface area contributed by atoms with E-state index in [1.54, 1.807) is 7.11 Å². The van der Waals surface area contributed by atoms with E-state index in [9.17, 15) is 4.79 Å². The molecule has 1 heterocycles. The summed E-state index contributed by atoms with van der Waals surface area (Å²) in [6.07, 6.45) is 0. The molecule has 0 unspecified atom stereocenters. The van der Waals surface area contributed by atoms with Gasteiger partial charge in [0.1, 0.15) is 5.75 Å². The molecule has 3 nitrogen and oxygen atoms in total. The Labute approximate surface area is 171 Å². The second-order valence-electron chi connectivity index (χ2n) is 5.95. The summed E-state index contributed by atoms with van der Waals surface area (Å²) in [4.78, 5) is 15.2. The van der Waals surface area contributed by atoms with Crippen LogP contribution in [0.15, 0.2) is 82.6 Å². The number of carbonyl (C=O) groups is 1. The van der Waals surface area contributed by atoms with E-state index in [1.807, 2.05) is 72.8 Å². The summed E-state index contributed by atoms with van der Waals surface area (Å²) in [5, 5.41) is 3.70. The van der Waals surface area contributed by atoms with Crippen molar-refractivity contribution in [1.29, 1.82) is 0 Å². The Morgan fingerprint density at radius 2 is 1.59 bits per heavy atom. The predicted molar refractivity (Wildman–Crippen MR) is 113 cm³/mol. The largest absolute Gasteiger partial charge is 0.497 e. The maximum absolute atomic E-state index is 13.2. The van der Waals surface area contributed by atoms with E-state index in [0.717, 1.165) is 21.0 Å². The van der Waals surface area contributed by atoms with Crippen LogP contribution in [0.3, 0.4) is 0 Å². The van der Waals surface area contributed by atoms with Crippen molar-refractivity contribution in [3.8, 4) is 5.75 Å². The van der Waals surface area contributed by atoms with Crippen molar-refractivity contribution < 1.29 is 9.53 Å². The van der Waals surface area contributed by atoms with Crippen LogP contribution in [-0.2, 0) is 8.87 Å². The molecule has 0 saturated carbocycles. The van der Waals surface area contributed by atoms with Gasteiger partial charge in [-0.15, -0.1) is 0 Å². The Balaban J connectivity index is 1.81. The van der Waals surface area contributed by atoms with Crippen LogP contribution in [0, 0.1) is 0 Å². The molecule has 4 rings (SSSR count). The number of methoxy groups -OCH3 is 1. The number of amides is 1. The maximum atomic E-state index is 13.2. The van der Waals surface area contributed by atoms with E-state index in [0.29, 0.717) is 10.8 Å². The van der Waals surface area contributed by atoms with Gasteiger partial charge >= 0.3 is 0 Å². The fraction of sp³-hybridized carbons (Fsp3) is 0.0952. The molecule has 3 aromatic rings. The molecule has 3 aromatic carbocycles. The fourth-order valence-corrected chi connectivity index (χ4v) is 5.88. The van der Waals surface area contributed by atoms with E-state index >= 15 is 0 Å². The lowest BCUT2D eigenvalue weighted by Gasteiger charge is -2.26. The van der Waals surface area contributed by atoms with Crippen LogP contribution >= 0.6 is 35.1 Å². The molecule has 1 amide bonds. The van der Waals surface area contributed by atoms with Gasteiger partial charge in [-0.25, -0.2) is 0 Å². The Morgan fingerprint density at radius 1 is 0.926 bits per heavy atom. The van der Waals surface area contributed by atoms with Gasteiger partial charge in [-0.1, -0.05) is 59.4 Å². The van der Waals surface area contributed by atoms with Gasteiger partial charge in [-0.2, -0.15) is 0 Å². The number of fused-ring (bicyclic) bond motifs is 1. The van der Waals surface area contributed by atoms with Gasteiger partial charge in [0.15, 0.2) is 4.08 Å². The van der Waals surface area contributed by atoms with Gasteiger partial charge in [0, 0.05) is 26.4 Å². The third-order valence-electron chi connectivity index (χ3n) is 4.21. The summed E-state index contributed by atoms with van der Waals surface area (Å²) in [5.41, 5.74) is 1.71. The zero-order chi connectivity index (χ0) is 18.9. The lowest BCUT2D eigenvalue weighted by Crippen LogP contribution is -2.27. The first-order valence-corrected chi connectivity index (χ1v) is 10.3. The van der Waals surface area contributed by atoms with Crippen molar-refractivity contribution in [3.63, 3.8) is 0 Å². The highest BCUT2D eigenvalue weighted by Gasteiger charge is 2.49. The summed E-state index contributed by atoms with van der Waals surface area (Å²) in [6.45, 7) is 0. The minimum atomic E-state index is -0.837. The van der Waals surface area contributed by atoms with Gasteiger partial charge in [-0.05, 0) is 42.5 Å². The van der Waals surface area contributed by atoms with E-state index in [-0.39, 0.29) is 5.91 Å². The number of benzene rings is 3. The van der Waals surface area contributed by atoms with E-state index in [1.165, 1.54) is 23.5 Å². The Hall–Kier alpha value is -2.08. The topological polar surface area (TPSA) is 38.3 Å². The standard InChI is InChI=1S/C21H16ClNO2S2/c1-25-15-9-12-18-19(13-15)23-20(24)21(18,26-16-5-3-2-4-6-16)27-17-10-7-14(22)8-11-17/h2-13H,1H3,(H,23,24)/t21-/m0/s1. The van der Waals surface area contributed by atoms with Crippen molar-refractivity contribution in [3.05, 3.63) is 83.4 Å². The molecule has 0 bridgehead atoms. The molecule has 1 aliphatic heterocycles. The fourth-order valence-electron chi connectivity index (χ4n) is 2.91. The summed E-state index contributed by atoms with van der Waals surface area (Å²) in [7, 11) is 1.62. The minimum absolute atomic E-state index is 0.0560. The number of anilines is 1. The van der Waals surface area contributed by atoms with Crippen molar-refractivity contribution in [2.75, 3.05) is 12.4 Å². The predicted octanol–water partition coefficient (Wildman–Crippen LogP) is 6.04. The van der Waals surface area contributed by atoms with Crippen LogP contribution < -0.4 is 10.1 Å². The van der Waals surface area contributed by atoms with Gasteiger partial charge in [0.2, 0.25) is 0 Å². The maximum Gasteiger partial charge on any atom is 0.256 e. The van der Waals surface area contributed by atoms with E-state index in [4.69, 9.17) is 16.3 Å². The first kappa shape index (κ1) is 18.3. The van der Waals surface area contributed by atoms with Crippen molar-refractivity contribution >= 4 is 46.7 Å². The van der Waals surface area contributed by atoms with E-state index < -0.39 is 4.08 Å². The number of rotatable bonds is 5. The Bertz CT molecular complexity index is 979. The van der Waals surface area contributed by atoms with Crippen LogP contribution in [0.25, 0.3) is 0 Å². The quantitative estimate of drug-likeness (QED) is 0.517. The molecular weight excluding hydrogens is 398 g/mol. The lowest BCUT2D eigenvalue weighted by molar-refractivity contribution is -0.116. The third-order valence-corrected chi connectivity index (χ3v) is 7.36. The second-order valence-corrected chi connectivity index (χ2v) is 9.22. The lowest BCUT2D eigenvalue weighted by atomic mass is 10.1. The summed E-state index contributed by atoms with van der Waals surface area (Å²) < 4.78 is 4.48. The monoisotopic (exact) mass is 413 g/mol.